The quantitative estimate of drug-likeness (QED) is 0.754. The molecule has 0 aliphatic carbocycles. The highest BCUT2D eigenvalue weighted by atomic mass is 16.5. The van der Waals surface area contributed by atoms with E-state index in [4.69, 9.17) is 4.52 Å². The molecule has 7 nitrogen and oxygen atoms in total. The smallest absolute Gasteiger partial charge is 0.253 e. The molecule has 0 bridgehead atoms. The number of amides is 2. The molecule has 0 saturated carbocycles. The number of aryl methyl sites for hydroxylation is 2. The lowest BCUT2D eigenvalue weighted by Gasteiger charge is -2.32. The van der Waals surface area contributed by atoms with Crippen LogP contribution in [0, 0.1) is 25.2 Å². The second-order valence-electron chi connectivity index (χ2n) is 9.10. The van der Waals surface area contributed by atoms with E-state index in [-0.39, 0.29) is 23.1 Å². The van der Waals surface area contributed by atoms with Crippen molar-refractivity contribution in [2.45, 2.75) is 20.3 Å². The minimum absolute atomic E-state index is 0.0803. The van der Waals surface area contributed by atoms with E-state index in [1.807, 2.05) is 54.0 Å². The van der Waals surface area contributed by atoms with Gasteiger partial charge in [-0.3, -0.25) is 9.59 Å². The monoisotopic (exact) mass is 410 g/mol. The van der Waals surface area contributed by atoms with Gasteiger partial charge in [-0.25, -0.2) is 0 Å². The fourth-order valence-corrected chi connectivity index (χ4v) is 5.16. The summed E-state index contributed by atoms with van der Waals surface area (Å²) in [7, 11) is 4.11. The maximum absolute atomic E-state index is 13.1. The fraction of sp³-hybridized carbons (Fsp3) is 0.522. The van der Waals surface area contributed by atoms with E-state index in [2.05, 4.69) is 24.2 Å². The average Bonchev–Trinajstić information content (AvgIpc) is 3.33. The zero-order valence-electron chi connectivity index (χ0n) is 18.2. The molecule has 2 fully saturated rings. The lowest BCUT2D eigenvalue weighted by molar-refractivity contribution is -0.130. The summed E-state index contributed by atoms with van der Waals surface area (Å²) in [4.78, 5) is 32.2. The Kier molecular flexibility index (Phi) is 5.40. The molecule has 2 atom stereocenters. The molecule has 2 aromatic rings. The Morgan fingerprint density at radius 2 is 1.80 bits per heavy atom. The first-order valence-corrected chi connectivity index (χ1v) is 10.5. The van der Waals surface area contributed by atoms with E-state index in [1.165, 1.54) is 0 Å². The number of rotatable bonds is 5. The van der Waals surface area contributed by atoms with Crippen LogP contribution in [0.1, 0.15) is 27.4 Å². The number of benzene rings is 1. The first kappa shape index (κ1) is 20.6. The highest BCUT2D eigenvalue weighted by molar-refractivity contribution is 5.94. The Hall–Kier alpha value is -2.67. The molecule has 0 unspecified atom stereocenters. The fourth-order valence-electron chi connectivity index (χ4n) is 5.16. The highest BCUT2D eigenvalue weighted by Gasteiger charge is 2.54. The van der Waals surface area contributed by atoms with Crippen LogP contribution in [0.25, 0.3) is 0 Å². The zero-order valence-corrected chi connectivity index (χ0v) is 18.2. The van der Waals surface area contributed by atoms with Gasteiger partial charge in [-0.2, -0.15) is 0 Å². The van der Waals surface area contributed by atoms with Crippen molar-refractivity contribution in [3.63, 3.8) is 0 Å². The van der Waals surface area contributed by atoms with Crippen molar-refractivity contribution in [1.29, 1.82) is 0 Å². The Labute approximate surface area is 177 Å². The molecule has 2 aliphatic heterocycles. The summed E-state index contributed by atoms with van der Waals surface area (Å²) in [6.45, 7) is 7.31. The van der Waals surface area contributed by atoms with Gasteiger partial charge in [0.25, 0.3) is 5.91 Å². The molecule has 1 aromatic carbocycles. The second-order valence-corrected chi connectivity index (χ2v) is 9.10. The molecule has 0 N–H and O–H groups in total. The predicted molar refractivity (Wildman–Crippen MR) is 113 cm³/mol. The molecule has 0 spiro atoms. The molecule has 1 aromatic heterocycles. The third-order valence-corrected chi connectivity index (χ3v) is 6.56. The summed E-state index contributed by atoms with van der Waals surface area (Å²) in [5.74, 6) is 1.18. The van der Waals surface area contributed by atoms with Crippen molar-refractivity contribution < 1.29 is 14.1 Å². The molecule has 3 heterocycles. The summed E-state index contributed by atoms with van der Waals surface area (Å²) in [6, 6.07) is 9.46. The summed E-state index contributed by atoms with van der Waals surface area (Å²) in [5.41, 5.74) is 2.30. The number of aromatic nitrogens is 1. The third-order valence-electron chi connectivity index (χ3n) is 6.56. The summed E-state index contributed by atoms with van der Waals surface area (Å²) in [5, 5.41) is 3.97. The van der Waals surface area contributed by atoms with E-state index in [0.29, 0.717) is 38.4 Å². The van der Waals surface area contributed by atoms with Gasteiger partial charge in [-0.05, 0) is 40.1 Å². The number of likely N-dealkylation sites (tertiary alicyclic amines) is 2. The van der Waals surface area contributed by atoms with E-state index in [9.17, 15) is 9.59 Å². The van der Waals surface area contributed by atoms with Gasteiger partial charge in [0.1, 0.15) is 5.76 Å². The number of fused-ring (bicyclic) bond motifs is 1. The van der Waals surface area contributed by atoms with Crippen molar-refractivity contribution >= 4 is 11.8 Å². The molecule has 2 aliphatic rings. The number of carbonyl (C=O) groups is 2. The Morgan fingerprint density at radius 1 is 1.13 bits per heavy atom. The Morgan fingerprint density at radius 3 is 2.43 bits per heavy atom. The number of hydrogen-bond acceptors (Lipinski definition) is 5. The van der Waals surface area contributed by atoms with Crippen LogP contribution in [0.5, 0.6) is 0 Å². The van der Waals surface area contributed by atoms with Gasteiger partial charge in [0.05, 0.1) is 12.1 Å². The Balaban J connectivity index is 1.50. The van der Waals surface area contributed by atoms with Crippen molar-refractivity contribution in [3.05, 3.63) is 52.9 Å². The topological polar surface area (TPSA) is 69.9 Å². The molecule has 7 heteroatoms. The van der Waals surface area contributed by atoms with Crippen LogP contribution in [0.3, 0.4) is 0 Å². The first-order chi connectivity index (χ1) is 14.3. The molecular weight excluding hydrogens is 380 g/mol. The summed E-state index contributed by atoms with van der Waals surface area (Å²) >= 11 is 0. The predicted octanol–water partition coefficient (Wildman–Crippen LogP) is 2.00. The molecule has 4 rings (SSSR count). The van der Waals surface area contributed by atoms with E-state index in [0.717, 1.165) is 23.4 Å². The van der Waals surface area contributed by atoms with Crippen LogP contribution in [-0.4, -0.2) is 78.5 Å². The van der Waals surface area contributed by atoms with Crippen LogP contribution < -0.4 is 0 Å². The van der Waals surface area contributed by atoms with Gasteiger partial charge >= 0.3 is 0 Å². The van der Waals surface area contributed by atoms with Crippen LogP contribution in [-0.2, 0) is 11.2 Å². The molecule has 2 saturated heterocycles. The minimum Gasteiger partial charge on any atom is -0.361 e. The lowest BCUT2D eigenvalue weighted by Crippen LogP contribution is -2.44. The zero-order chi connectivity index (χ0) is 21.5. The summed E-state index contributed by atoms with van der Waals surface area (Å²) < 4.78 is 5.22. The van der Waals surface area contributed by atoms with Crippen molar-refractivity contribution in [3.8, 4) is 0 Å². The maximum Gasteiger partial charge on any atom is 0.253 e. The molecule has 2 amide bonds. The largest absolute Gasteiger partial charge is 0.361 e. The van der Waals surface area contributed by atoms with Gasteiger partial charge in [-0.1, -0.05) is 23.4 Å². The van der Waals surface area contributed by atoms with Gasteiger partial charge in [-0.15, -0.1) is 0 Å². The van der Waals surface area contributed by atoms with Gasteiger partial charge < -0.3 is 19.2 Å². The Bertz CT molecular complexity index is 920. The first-order valence-electron chi connectivity index (χ1n) is 10.5. The van der Waals surface area contributed by atoms with E-state index < -0.39 is 0 Å². The third kappa shape index (κ3) is 3.74. The van der Waals surface area contributed by atoms with Gasteiger partial charge in [0, 0.05) is 55.2 Å². The normalized spacial score (nSPS) is 23.3. The van der Waals surface area contributed by atoms with Crippen molar-refractivity contribution in [1.82, 2.24) is 19.9 Å². The van der Waals surface area contributed by atoms with Crippen LogP contribution in [0.15, 0.2) is 34.9 Å². The number of nitrogens with zero attached hydrogens (tertiary/aromatic N) is 4. The second kappa shape index (κ2) is 7.87. The van der Waals surface area contributed by atoms with Crippen LogP contribution in [0.4, 0.5) is 0 Å². The van der Waals surface area contributed by atoms with Gasteiger partial charge in [0.15, 0.2) is 0 Å². The standard InChI is InChI=1S/C23H30N4O3/c1-16-20(17(2)30-24-16)10-21(28)26-11-19-12-27(15-23(19,14-26)13-25(3)4)22(29)18-8-6-5-7-9-18/h5-9,19H,10-15H2,1-4H3/t19-,23+/m0/s1. The van der Waals surface area contributed by atoms with Gasteiger partial charge in [0.2, 0.25) is 5.91 Å². The highest BCUT2D eigenvalue weighted by Crippen LogP contribution is 2.43. The SMILES string of the molecule is Cc1noc(C)c1CC(=O)N1C[C@H]2CN(C(=O)c3ccccc3)C[C@@]2(CN(C)C)C1. The molecule has 160 valence electrons. The van der Waals surface area contributed by atoms with Crippen molar-refractivity contribution in [2.75, 3.05) is 46.8 Å². The lowest BCUT2D eigenvalue weighted by atomic mass is 9.80. The van der Waals surface area contributed by atoms with Crippen LogP contribution in [0.2, 0.25) is 0 Å². The average molecular weight is 411 g/mol. The molecule has 0 radical (unpaired) electrons. The van der Waals surface area contributed by atoms with Crippen molar-refractivity contribution in [2.24, 2.45) is 11.3 Å². The van der Waals surface area contributed by atoms with Crippen LogP contribution >= 0.6 is 0 Å². The summed E-state index contributed by atoms with van der Waals surface area (Å²) in [6.07, 6.45) is 0.318. The van der Waals surface area contributed by atoms with E-state index >= 15 is 0 Å². The molecule has 30 heavy (non-hydrogen) atoms. The minimum atomic E-state index is -0.0949. The number of carbonyl (C=O) groups excluding carboxylic acids is 2. The number of hydrogen-bond donors (Lipinski definition) is 0. The molecular formula is C23H30N4O3. The van der Waals surface area contributed by atoms with E-state index in [1.54, 1.807) is 0 Å². The maximum atomic E-state index is 13.1.